The summed E-state index contributed by atoms with van der Waals surface area (Å²) in [7, 11) is 4.55. The Bertz CT molecular complexity index is 731. The Kier molecular flexibility index (Phi) is 4.42. The maximum absolute atomic E-state index is 12.2. The second-order valence-corrected chi connectivity index (χ2v) is 6.16. The lowest BCUT2D eigenvalue weighted by Gasteiger charge is -2.31. The third-order valence-electron chi connectivity index (χ3n) is 4.56. The Morgan fingerprint density at radius 2 is 1.67 bits per heavy atom. The van der Waals surface area contributed by atoms with Crippen molar-refractivity contribution in [2.45, 2.75) is 18.9 Å². The van der Waals surface area contributed by atoms with Crippen molar-refractivity contribution >= 4 is 18.0 Å². The molecule has 0 amide bonds. The van der Waals surface area contributed by atoms with Gasteiger partial charge in [0.25, 0.3) is 0 Å². The smallest absolute Gasteiger partial charge is 0.340 e. The Hall–Kier alpha value is -2.56. The summed E-state index contributed by atoms with van der Waals surface area (Å²) in [6.07, 6.45) is 5.76. The van der Waals surface area contributed by atoms with Crippen molar-refractivity contribution in [3.63, 3.8) is 0 Å². The van der Waals surface area contributed by atoms with Gasteiger partial charge in [0.15, 0.2) is 0 Å². The van der Waals surface area contributed by atoms with Gasteiger partial charge in [0.05, 0.1) is 31.4 Å². The normalized spacial score (nSPS) is 20.1. The van der Waals surface area contributed by atoms with Gasteiger partial charge in [-0.15, -0.1) is 0 Å². The molecule has 1 aromatic rings. The fraction of sp³-hybridized carbons (Fsp3) is 0.368. The van der Waals surface area contributed by atoms with Gasteiger partial charge in [-0.1, -0.05) is 24.3 Å². The highest BCUT2D eigenvalue weighted by molar-refractivity contribution is 6.10. The van der Waals surface area contributed by atoms with Crippen molar-refractivity contribution in [3.05, 3.63) is 52.7 Å². The third-order valence-corrected chi connectivity index (χ3v) is 4.56. The first-order chi connectivity index (χ1) is 11.6. The molecule has 1 unspecified atom stereocenters. The fourth-order valence-electron chi connectivity index (χ4n) is 3.27. The fourth-order valence-corrected chi connectivity index (χ4v) is 3.27. The summed E-state index contributed by atoms with van der Waals surface area (Å²) in [6.45, 7) is 0. The first kappa shape index (κ1) is 16.3. The molecule has 1 fully saturated rings. The second-order valence-electron chi connectivity index (χ2n) is 6.16. The maximum Gasteiger partial charge on any atom is 0.340 e. The van der Waals surface area contributed by atoms with Gasteiger partial charge in [-0.3, -0.25) is 0 Å². The van der Waals surface area contributed by atoms with E-state index >= 15 is 0 Å². The number of esters is 2. The van der Waals surface area contributed by atoms with Crippen LogP contribution in [-0.4, -0.2) is 38.1 Å². The molecular formula is C19H21NO4. The number of hydrogen-bond acceptors (Lipinski definition) is 5. The lowest BCUT2D eigenvalue weighted by molar-refractivity contribution is -0.139. The topological polar surface area (TPSA) is 55.8 Å². The zero-order valence-corrected chi connectivity index (χ0v) is 14.1. The van der Waals surface area contributed by atoms with Crippen LogP contribution in [0.3, 0.4) is 0 Å². The van der Waals surface area contributed by atoms with Crippen molar-refractivity contribution < 1.29 is 19.1 Å². The van der Waals surface area contributed by atoms with Crippen LogP contribution in [0.15, 0.2) is 41.6 Å². The van der Waals surface area contributed by atoms with Gasteiger partial charge in [0, 0.05) is 13.2 Å². The highest BCUT2D eigenvalue weighted by atomic mass is 16.5. The minimum Gasteiger partial charge on any atom is -0.465 e. The lowest BCUT2D eigenvalue weighted by atomic mass is 9.91. The monoisotopic (exact) mass is 327 g/mol. The van der Waals surface area contributed by atoms with Gasteiger partial charge in [0.2, 0.25) is 0 Å². The minimum atomic E-state index is -0.556. The zero-order valence-electron chi connectivity index (χ0n) is 14.1. The number of fused-ring (bicyclic) bond motifs is 1. The van der Waals surface area contributed by atoms with E-state index in [2.05, 4.69) is 6.07 Å². The van der Waals surface area contributed by atoms with Crippen LogP contribution in [0.1, 0.15) is 30.0 Å². The van der Waals surface area contributed by atoms with E-state index in [0.29, 0.717) is 5.92 Å². The molecule has 0 saturated heterocycles. The Labute approximate surface area is 141 Å². The van der Waals surface area contributed by atoms with Crippen LogP contribution in [0.25, 0.3) is 6.08 Å². The van der Waals surface area contributed by atoms with Crippen LogP contribution in [0.4, 0.5) is 0 Å². The number of nitrogens with zero attached hydrogens (tertiary/aromatic N) is 1. The molecule has 5 heteroatoms. The average molecular weight is 327 g/mol. The van der Waals surface area contributed by atoms with Gasteiger partial charge >= 0.3 is 11.9 Å². The van der Waals surface area contributed by atoms with Crippen molar-refractivity contribution in [2.75, 3.05) is 21.3 Å². The van der Waals surface area contributed by atoms with E-state index in [9.17, 15) is 9.59 Å². The van der Waals surface area contributed by atoms with E-state index in [-0.39, 0.29) is 17.2 Å². The molecule has 1 aliphatic heterocycles. The number of methoxy groups -OCH3 is 2. The lowest BCUT2D eigenvalue weighted by Crippen LogP contribution is -2.26. The average Bonchev–Trinajstić information content (AvgIpc) is 3.41. The number of hydrogen-bond donors (Lipinski definition) is 0. The van der Waals surface area contributed by atoms with Crippen LogP contribution in [0.5, 0.6) is 0 Å². The molecule has 1 aliphatic carbocycles. The number of carbonyl (C=O) groups is 2. The summed E-state index contributed by atoms with van der Waals surface area (Å²) < 4.78 is 9.75. The first-order valence-electron chi connectivity index (χ1n) is 7.98. The summed E-state index contributed by atoms with van der Waals surface area (Å²) in [4.78, 5) is 26.5. The Morgan fingerprint density at radius 1 is 1.04 bits per heavy atom. The molecule has 1 aromatic carbocycles. The standard InChI is InChI=1S/C19H21NO4/c1-20-11-16(19(22)24-3)15(18(21)23-2)10-13-6-4-5-7-14(13)17(20)12-8-9-12/h4-7,10-12,17H,8-9H2,1-3H3. The van der Waals surface area contributed by atoms with Gasteiger partial charge in [0.1, 0.15) is 0 Å². The highest BCUT2D eigenvalue weighted by Crippen LogP contribution is 2.46. The molecule has 0 spiro atoms. The Morgan fingerprint density at radius 3 is 2.29 bits per heavy atom. The van der Waals surface area contributed by atoms with E-state index in [1.807, 2.05) is 30.1 Å². The maximum atomic E-state index is 12.2. The SMILES string of the molecule is COC(=O)C1=Cc2ccccc2C(C2CC2)N(C)C=C1C(=O)OC. The van der Waals surface area contributed by atoms with E-state index in [1.54, 1.807) is 12.3 Å². The quantitative estimate of drug-likeness (QED) is 0.799. The highest BCUT2D eigenvalue weighted by Gasteiger charge is 2.37. The van der Waals surface area contributed by atoms with E-state index < -0.39 is 11.9 Å². The Balaban J connectivity index is 2.21. The molecule has 24 heavy (non-hydrogen) atoms. The van der Waals surface area contributed by atoms with Crippen LogP contribution in [0, 0.1) is 5.92 Å². The summed E-state index contributed by atoms with van der Waals surface area (Å²) in [5.74, 6) is -0.550. The largest absolute Gasteiger partial charge is 0.465 e. The van der Waals surface area contributed by atoms with Crippen LogP contribution >= 0.6 is 0 Å². The third kappa shape index (κ3) is 2.94. The van der Waals surface area contributed by atoms with Crippen LogP contribution in [-0.2, 0) is 19.1 Å². The number of rotatable bonds is 3. The van der Waals surface area contributed by atoms with E-state index in [4.69, 9.17) is 9.47 Å². The van der Waals surface area contributed by atoms with Crippen molar-refractivity contribution in [2.24, 2.45) is 5.92 Å². The molecule has 2 aliphatic rings. The molecule has 3 rings (SSSR count). The molecule has 0 aromatic heterocycles. The van der Waals surface area contributed by atoms with Crippen molar-refractivity contribution in [1.82, 2.24) is 4.90 Å². The predicted octanol–water partition coefficient (Wildman–Crippen LogP) is 2.70. The molecule has 1 atom stereocenters. The molecule has 5 nitrogen and oxygen atoms in total. The molecule has 0 N–H and O–H groups in total. The van der Waals surface area contributed by atoms with Gasteiger partial charge in [-0.05, 0) is 36.0 Å². The predicted molar refractivity (Wildman–Crippen MR) is 89.8 cm³/mol. The number of ether oxygens (including phenoxy) is 2. The summed E-state index contributed by atoms with van der Waals surface area (Å²) in [5.41, 5.74) is 2.50. The van der Waals surface area contributed by atoms with Crippen molar-refractivity contribution in [3.8, 4) is 0 Å². The second kappa shape index (κ2) is 6.51. The summed E-state index contributed by atoms with van der Waals surface area (Å²) >= 11 is 0. The number of carbonyl (C=O) groups excluding carboxylic acids is 2. The summed E-state index contributed by atoms with van der Waals surface area (Å²) in [5, 5.41) is 0. The minimum absolute atomic E-state index is 0.177. The number of benzene rings is 1. The van der Waals surface area contributed by atoms with E-state index in [1.165, 1.54) is 14.2 Å². The molecule has 1 heterocycles. The van der Waals surface area contributed by atoms with Crippen molar-refractivity contribution in [1.29, 1.82) is 0 Å². The van der Waals surface area contributed by atoms with E-state index in [0.717, 1.165) is 24.0 Å². The molecule has 0 bridgehead atoms. The first-order valence-corrected chi connectivity index (χ1v) is 7.98. The van der Waals surface area contributed by atoms with Crippen LogP contribution < -0.4 is 0 Å². The zero-order chi connectivity index (χ0) is 17.3. The molecular weight excluding hydrogens is 306 g/mol. The van der Waals surface area contributed by atoms with Gasteiger partial charge in [-0.25, -0.2) is 9.59 Å². The molecule has 126 valence electrons. The molecule has 0 radical (unpaired) electrons. The van der Waals surface area contributed by atoms with Gasteiger partial charge < -0.3 is 14.4 Å². The summed E-state index contributed by atoms with van der Waals surface area (Å²) in [6, 6.07) is 8.15. The molecule has 1 saturated carbocycles. The van der Waals surface area contributed by atoms with Crippen LogP contribution in [0.2, 0.25) is 0 Å². The van der Waals surface area contributed by atoms with Gasteiger partial charge in [-0.2, -0.15) is 0 Å².